The highest BCUT2D eigenvalue weighted by Gasteiger charge is 2.64. The van der Waals surface area contributed by atoms with Gasteiger partial charge in [0.15, 0.2) is 0 Å². The van der Waals surface area contributed by atoms with Gasteiger partial charge in [0.2, 0.25) is 0 Å². The van der Waals surface area contributed by atoms with E-state index in [0.29, 0.717) is 17.4 Å². The molecule has 0 aromatic rings. The Morgan fingerprint density at radius 3 is 2.17 bits per heavy atom. The number of aliphatic hydroxyl groups is 1. The van der Waals surface area contributed by atoms with Gasteiger partial charge in [-0.25, -0.2) is 0 Å². The summed E-state index contributed by atoms with van der Waals surface area (Å²) in [5, 5.41) is 12.6. The molecule has 0 aromatic carbocycles. The van der Waals surface area contributed by atoms with E-state index in [9.17, 15) is 5.11 Å². The first-order chi connectivity index (χ1) is 5.43. The fourth-order valence-electron chi connectivity index (χ4n) is 2.81. The Bertz CT molecular complexity index is 198. The van der Waals surface area contributed by atoms with E-state index in [-0.39, 0.29) is 5.54 Å². The number of rotatable bonds is 1. The lowest BCUT2D eigenvalue weighted by Crippen LogP contribution is -2.54. The summed E-state index contributed by atoms with van der Waals surface area (Å²) in [7, 11) is 0. The number of aliphatic hydroxyl groups excluding tert-OH is 1. The molecule has 3 rings (SSSR count). The first-order valence-corrected chi connectivity index (χ1v) is 4.79. The van der Waals surface area contributed by atoms with Gasteiger partial charge in [0.25, 0.3) is 0 Å². The topological polar surface area (TPSA) is 32.3 Å². The Morgan fingerprint density at radius 1 is 1.33 bits per heavy atom. The van der Waals surface area contributed by atoms with Crippen LogP contribution in [0.1, 0.15) is 33.6 Å². The molecule has 2 N–H and O–H groups in total. The van der Waals surface area contributed by atoms with E-state index in [1.807, 2.05) is 0 Å². The fourth-order valence-corrected chi connectivity index (χ4v) is 2.81. The van der Waals surface area contributed by atoms with Crippen LogP contribution in [-0.2, 0) is 0 Å². The maximum atomic E-state index is 9.18. The van der Waals surface area contributed by atoms with Crippen LogP contribution in [0.3, 0.4) is 0 Å². The van der Waals surface area contributed by atoms with Crippen LogP contribution in [0, 0.1) is 10.8 Å². The van der Waals surface area contributed by atoms with Gasteiger partial charge in [-0.15, -0.1) is 0 Å². The lowest BCUT2D eigenvalue weighted by Gasteiger charge is -2.52. The quantitative estimate of drug-likeness (QED) is 0.617. The molecule has 0 radical (unpaired) electrons. The molecule has 0 aromatic heterocycles. The minimum Gasteiger partial charge on any atom is -0.394 e. The molecule has 70 valence electrons. The third kappa shape index (κ3) is 0.826. The van der Waals surface area contributed by atoms with Gasteiger partial charge >= 0.3 is 0 Å². The molecule has 3 aliphatic rings. The molecule has 1 aliphatic carbocycles. The van der Waals surface area contributed by atoms with Crippen molar-refractivity contribution >= 4 is 0 Å². The number of fused-ring (bicyclic) bond motifs is 1. The molecule has 2 saturated heterocycles. The molecule has 0 unspecified atom stereocenters. The summed E-state index contributed by atoms with van der Waals surface area (Å²) in [6, 6.07) is 0. The monoisotopic (exact) mass is 169 g/mol. The van der Waals surface area contributed by atoms with E-state index in [1.165, 1.54) is 12.8 Å². The van der Waals surface area contributed by atoms with Gasteiger partial charge in [0.1, 0.15) is 0 Å². The van der Waals surface area contributed by atoms with E-state index in [1.54, 1.807) is 0 Å². The summed E-state index contributed by atoms with van der Waals surface area (Å²) in [6.45, 7) is 8.33. The van der Waals surface area contributed by atoms with Crippen LogP contribution in [0.4, 0.5) is 0 Å². The molecular formula is C10H19NO. The van der Waals surface area contributed by atoms with Gasteiger partial charge in [-0.1, -0.05) is 20.8 Å². The third-order valence-electron chi connectivity index (χ3n) is 4.05. The van der Waals surface area contributed by atoms with Gasteiger partial charge in [0.05, 0.1) is 6.61 Å². The van der Waals surface area contributed by atoms with Crippen molar-refractivity contribution in [3.05, 3.63) is 0 Å². The third-order valence-corrected chi connectivity index (χ3v) is 4.05. The van der Waals surface area contributed by atoms with E-state index in [4.69, 9.17) is 0 Å². The second kappa shape index (κ2) is 2.05. The standard InChI is InChI=1S/C10H19NO/c1-8(2,3)9-4-10(5-9,7-12)11-6-9/h11-12H,4-7H2,1-3H3. The average molecular weight is 169 g/mol. The molecular weight excluding hydrogens is 150 g/mol. The van der Waals surface area contributed by atoms with Crippen molar-refractivity contribution in [2.75, 3.05) is 13.2 Å². The summed E-state index contributed by atoms with van der Waals surface area (Å²) >= 11 is 0. The van der Waals surface area contributed by atoms with Crippen molar-refractivity contribution in [3.63, 3.8) is 0 Å². The van der Waals surface area contributed by atoms with Crippen molar-refractivity contribution < 1.29 is 5.11 Å². The summed E-state index contributed by atoms with van der Waals surface area (Å²) < 4.78 is 0. The molecule has 3 fully saturated rings. The van der Waals surface area contributed by atoms with Crippen molar-refractivity contribution in [2.24, 2.45) is 10.8 Å². The van der Waals surface area contributed by atoms with E-state index >= 15 is 0 Å². The molecule has 2 aliphatic heterocycles. The first kappa shape index (κ1) is 8.52. The Kier molecular flexibility index (Phi) is 1.45. The zero-order valence-corrected chi connectivity index (χ0v) is 8.28. The second-order valence-electron chi connectivity index (χ2n) is 5.68. The van der Waals surface area contributed by atoms with Crippen LogP contribution < -0.4 is 5.32 Å². The van der Waals surface area contributed by atoms with Crippen LogP contribution >= 0.6 is 0 Å². The normalized spacial score (nSPS) is 46.0. The molecule has 0 spiro atoms. The molecule has 0 atom stereocenters. The molecule has 2 heterocycles. The summed E-state index contributed by atoms with van der Waals surface area (Å²) in [6.07, 6.45) is 2.33. The predicted molar refractivity (Wildman–Crippen MR) is 48.9 cm³/mol. The van der Waals surface area contributed by atoms with Crippen molar-refractivity contribution in [1.29, 1.82) is 0 Å². The van der Waals surface area contributed by atoms with Crippen LogP contribution in [-0.4, -0.2) is 23.8 Å². The molecule has 2 heteroatoms. The molecule has 2 bridgehead atoms. The van der Waals surface area contributed by atoms with Crippen LogP contribution in [0.5, 0.6) is 0 Å². The highest BCUT2D eigenvalue weighted by atomic mass is 16.3. The smallest absolute Gasteiger partial charge is 0.0613 e. The molecule has 12 heavy (non-hydrogen) atoms. The van der Waals surface area contributed by atoms with Crippen molar-refractivity contribution in [1.82, 2.24) is 5.32 Å². The number of hydrogen-bond acceptors (Lipinski definition) is 2. The summed E-state index contributed by atoms with van der Waals surface area (Å²) in [4.78, 5) is 0. The molecule has 2 nitrogen and oxygen atoms in total. The predicted octanol–water partition coefficient (Wildman–Crippen LogP) is 1.15. The SMILES string of the molecule is CC(C)(C)C12CNC(CO)(C1)C2. The Labute approximate surface area is 74.4 Å². The van der Waals surface area contributed by atoms with Crippen LogP contribution in [0.2, 0.25) is 0 Å². The number of hydrogen-bond donors (Lipinski definition) is 2. The average Bonchev–Trinajstić information content (AvgIpc) is 2.37. The van der Waals surface area contributed by atoms with E-state index in [0.717, 1.165) is 6.54 Å². The molecule has 1 saturated carbocycles. The van der Waals surface area contributed by atoms with E-state index in [2.05, 4.69) is 26.1 Å². The van der Waals surface area contributed by atoms with Crippen LogP contribution in [0.15, 0.2) is 0 Å². The second-order valence-corrected chi connectivity index (χ2v) is 5.68. The Hall–Kier alpha value is -0.0800. The summed E-state index contributed by atoms with van der Waals surface area (Å²) in [5.41, 5.74) is 0.957. The number of nitrogens with one attached hydrogen (secondary N) is 1. The fraction of sp³-hybridized carbons (Fsp3) is 1.00. The summed E-state index contributed by atoms with van der Waals surface area (Å²) in [5.74, 6) is 0. The largest absolute Gasteiger partial charge is 0.394 e. The highest BCUT2D eigenvalue weighted by Crippen LogP contribution is 2.62. The Balaban J connectivity index is 2.14. The lowest BCUT2D eigenvalue weighted by molar-refractivity contribution is -0.0225. The van der Waals surface area contributed by atoms with E-state index < -0.39 is 0 Å². The zero-order valence-electron chi connectivity index (χ0n) is 8.28. The minimum absolute atomic E-state index is 0.104. The van der Waals surface area contributed by atoms with Gasteiger partial charge in [-0.3, -0.25) is 0 Å². The van der Waals surface area contributed by atoms with Crippen molar-refractivity contribution in [3.8, 4) is 0 Å². The maximum absolute atomic E-state index is 9.18. The zero-order chi connectivity index (χ0) is 9.04. The van der Waals surface area contributed by atoms with Crippen LogP contribution in [0.25, 0.3) is 0 Å². The highest BCUT2D eigenvalue weighted by molar-refractivity contribution is 5.20. The van der Waals surface area contributed by atoms with Gasteiger partial charge in [-0.2, -0.15) is 0 Å². The molecule has 0 amide bonds. The van der Waals surface area contributed by atoms with Gasteiger partial charge in [0, 0.05) is 12.1 Å². The lowest BCUT2D eigenvalue weighted by atomic mass is 9.52. The van der Waals surface area contributed by atoms with Gasteiger partial charge in [-0.05, 0) is 23.7 Å². The Morgan fingerprint density at radius 2 is 1.92 bits per heavy atom. The van der Waals surface area contributed by atoms with Crippen molar-refractivity contribution in [2.45, 2.75) is 39.2 Å². The van der Waals surface area contributed by atoms with Gasteiger partial charge < -0.3 is 10.4 Å². The minimum atomic E-state index is 0.104. The maximum Gasteiger partial charge on any atom is 0.0613 e. The first-order valence-electron chi connectivity index (χ1n) is 4.79.